The predicted molar refractivity (Wildman–Crippen MR) is 55.2 cm³/mol. The zero-order valence-electron chi connectivity index (χ0n) is 8.75. The number of halogens is 1. The van der Waals surface area contributed by atoms with Crippen LogP contribution in [0.15, 0.2) is 24.3 Å². The highest BCUT2D eigenvalue weighted by Gasteiger charge is 2.22. The number of carbonyl (C=O) groups is 1. The minimum atomic E-state index is -1.39. The van der Waals surface area contributed by atoms with Gasteiger partial charge in [-0.3, -0.25) is 4.79 Å². The summed E-state index contributed by atoms with van der Waals surface area (Å²) in [5.74, 6) is -0.674. The van der Waals surface area contributed by atoms with Gasteiger partial charge < -0.3 is 0 Å². The van der Waals surface area contributed by atoms with Crippen molar-refractivity contribution >= 4 is 5.78 Å². The van der Waals surface area contributed by atoms with Crippen LogP contribution in [0.1, 0.15) is 29.8 Å². The summed E-state index contributed by atoms with van der Waals surface area (Å²) in [6.45, 7) is 5.30. The average Bonchev–Trinajstić information content (AvgIpc) is 2.15. The van der Waals surface area contributed by atoms with Crippen molar-refractivity contribution in [2.24, 2.45) is 5.92 Å². The highest BCUT2D eigenvalue weighted by atomic mass is 19.1. The lowest BCUT2D eigenvalue weighted by Gasteiger charge is -2.10. The van der Waals surface area contributed by atoms with Crippen LogP contribution in [0, 0.1) is 12.8 Å². The third-order valence-corrected chi connectivity index (χ3v) is 2.14. The van der Waals surface area contributed by atoms with Crippen LogP contribution in [0.5, 0.6) is 0 Å². The van der Waals surface area contributed by atoms with Gasteiger partial charge in [-0.25, -0.2) is 4.39 Å². The zero-order valence-corrected chi connectivity index (χ0v) is 8.75. The van der Waals surface area contributed by atoms with Gasteiger partial charge in [0, 0.05) is 5.56 Å². The number of benzene rings is 1. The molecule has 1 nitrogen and oxygen atoms in total. The van der Waals surface area contributed by atoms with E-state index in [9.17, 15) is 9.18 Å². The molecule has 0 aliphatic rings. The Hall–Kier alpha value is -1.18. The van der Waals surface area contributed by atoms with Crippen LogP contribution in [-0.4, -0.2) is 12.0 Å². The summed E-state index contributed by atoms with van der Waals surface area (Å²) in [4.78, 5) is 11.6. The van der Waals surface area contributed by atoms with E-state index in [0.717, 1.165) is 5.56 Å². The standard InChI is InChI=1S/C12H15FO/c1-8(2)11(13)12(14)10-6-4-5-9(3)7-10/h4-8,11H,1-3H3. The van der Waals surface area contributed by atoms with E-state index in [4.69, 9.17) is 0 Å². The van der Waals surface area contributed by atoms with Gasteiger partial charge in [0.15, 0.2) is 12.0 Å². The summed E-state index contributed by atoms with van der Waals surface area (Å²) >= 11 is 0. The first-order valence-electron chi connectivity index (χ1n) is 4.77. The number of ketones is 1. The summed E-state index contributed by atoms with van der Waals surface area (Å²) < 4.78 is 13.4. The maximum absolute atomic E-state index is 13.4. The molecule has 76 valence electrons. The van der Waals surface area contributed by atoms with Crippen LogP contribution >= 0.6 is 0 Å². The molecule has 0 saturated carbocycles. The van der Waals surface area contributed by atoms with Crippen molar-refractivity contribution < 1.29 is 9.18 Å². The molecule has 0 radical (unpaired) electrons. The Kier molecular flexibility index (Phi) is 3.39. The lowest BCUT2D eigenvalue weighted by molar-refractivity contribution is 0.0830. The highest BCUT2D eigenvalue weighted by molar-refractivity contribution is 5.99. The van der Waals surface area contributed by atoms with Crippen molar-refractivity contribution in [3.05, 3.63) is 35.4 Å². The predicted octanol–water partition coefficient (Wildman–Crippen LogP) is 3.17. The Bertz CT molecular complexity index is 331. The van der Waals surface area contributed by atoms with E-state index in [-0.39, 0.29) is 5.92 Å². The Balaban J connectivity index is 2.89. The summed E-state index contributed by atoms with van der Waals surface area (Å²) in [5, 5.41) is 0. The molecule has 0 heterocycles. The van der Waals surface area contributed by atoms with E-state index in [1.54, 1.807) is 32.0 Å². The Morgan fingerprint density at radius 1 is 1.36 bits per heavy atom. The van der Waals surface area contributed by atoms with E-state index < -0.39 is 12.0 Å². The monoisotopic (exact) mass is 194 g/mol. The second kappa shape index (κ2) is 4.36. The number of rotatable bonds is 3. The Labute approximate surface area is 83.9 Å². The molecule has 0 spiro atoms. The molecule has 0 aliphatic heterocycles. The fourth-order valence-corrected chi connectivity index (χ4v) is 1.26. The molecule has 0 fully saturated rings. The molecule has 0 N–H and O–H groups in total. The van der Waals surface area contributed by atoms with Gasteiger partial charge in [0.2, 0.25) is 0 Å². The van der Waals surface area contributed by atoms with Crippen LogP contribution in [0.2, 0.25) is 0 Å². The van der Waals surface area contributed by atoms with E-state index in [1.165, 1.54) is 0 Å². The first-order chi connectivity index (χ1) is 6.52. The van der Waals surface area contributed by atoms with E-state index in [2.05, 4.69) is 0 Å². The fraction of sp³-hybridized carbons (Fsp3) is 0.417. The largest absolute Gasteiger partial charge is 0.291 e. The molecule has 0 bridgehead atoms. The first kappa shape index (κ1) is 10.9. The number of Topliss-reactive ketones (excluding diaryl/α,β-unsaturated/α-hetero) is 1. The van der Waals surface area contributed by atoms with Crippen LogP contribution in [0.4, 0.5) is 4.39 Å². The van der Waals surface area contributed by atoms with Gasteiger partial charge in [-0.15, -0.1) is 0 Å². The second-order valence-corrected chi connectivity index (χ2v) is 3.88. The molecule has 1 atom stereocenters. The van der Waals surface area contributed by atoms with Gasteiger partial charge in [0.05, 0.1) is 0 Å². The van der Waals surface area contributed by atoms with Gasteiger partial charge in [-0.1, -0.05) is 37.6 Å². The summed E-state index contributed by atoms with van der Waals surface area (Å²) in [7, 11) is 0. The zero-order chi connectivity index (χ0) is 10.7. The van der Waals surface area contributed by atoms with Gasteiger partial charge >= 0.3 is 0 Å². The topological polar surface area (TPSA) is 17.1 Å². The Morgan fingerprint density at radius 2 is 2.00 bits per heavy atom. The molecule has 0 aliphatic carbocycles. The molecule has 1 unspecified atom stereocenters. The quantitative estimate of drug-likeness (QED) is 0.675. The van der Waals surface area contributed by atoms with Crippen LogP contribution in [-0.2, 0) is 0 Å². The molecule has 0 aromatic heterocycles. The molecule has 1 aromatic carbocycles. The maximum Gasteiger partial charge on any atom is 0.197 e. The van der Waals surface area contributed by atoms with E-state index >= 15 is 0 Å². The van der Waals surface area contributed by atoms with Crippen LogP contribution in [0.25, 0.3) is 0 Å². The molecule has 0 amide bonds. The normalized spacial score (nSPS) is 12.9. The number of aryl methyl sites for hydroxylation is 1. The Morgan fingerprint density at radius 3 is 2.50 bits per heavy atom. The molecular formula is C12H15FO. The van der Waals surface area contributed by atoms with E-state index in [0.29, 0.717) is 5.56 Å². The van der Waals surface area contributed by atoms with Crippen molar-refractivity contribution in [2.75, 3.05) is 0 Å². The van der Waals surface area contributed by atoms with Gasteiger partial charge in [-0.2, -0.15) is 0 Å². The van der Waals surface area contributed by atoms with Crippen LogP contribution < -0.4 is 0 Å². The first-order valence-corrected chi connectivity index (χ1v) is 4.77. The second-order valence-electron chi connectivity index (χ2n) is 3.88. The molecule has 14 heavy (non-hydrogen) atoms. The molecule has 1 rings (SSSR count). The summed E-state index contributed by atoms with van der Waals surface area (Å²) in [6.07, 6.45) is -1.39. The lowest BCUT2D eigenvalue weighted by Crippen LogP contribution is -2.21. The number of carbonyl (C=O) groups excluding carboxylic acids is 1. The maximum atomic E-state index is 13.4. The molecule has 2 heteroatoms. The van der Waals surface area contributed by atoms with E-state index in [1.807, 2.05) is 13.0 Å². The number of hydrogen-bond acceptors (Lipinski definition) is 1. The van der Waals surface area contributed by atoms with Gasteiger partial charge in [0.25, 0.3) is 0 Å². The summed E-state index contributed by atoms with van der Waals surface area (Å²) in [5.41, 5.74) is 1.44. The fourth-order valence-electron chi connectivity index (χ4n) is 1.26. The smallest absolute Gasteiger partial charge is 0.197 e. The van der Waals surface area contributed by atoms with Gasteiger partial charge in [0.1, 0.15) is 0 Å². The van der Waals surface area contributed by atoms with Crippen molar-refractivity contribution in [3.8, 4) is 0 Å². The third-order valence-electron chi connectivity index (χ3n) is 2.14. The molecule has 0 saturated heterocycles. The third kappa shape index (κ3) is 2.41. The van der Waals surface area contributed by atoms with Gasteiger partial charge in [-0.05, 0) is 18.9 Å². The summed E-state index contributed by atoms with van der Waals surface area (Å²) in [6, 6.07) is 7.04. The number of hydrogen-bond donors (Lipinski definition) is 0. The number of alkyl halides is 1. The van der Waals surface area contributed by atoms with Crippen LogP contribution in [0.3, 0.4) is 0 Å². The minimum absolute atomic E-state index is 0.261. The SMILES string of the molecule is Cc1cccc(C(=O)C(F)C(C)C)c1. The lowest BCUT2D eigenvalue weighted by atomic mass is 9.98. The minimum Gasteiger partial charge on any atom is -0.291 e. The van der Waals surface area contributed by atoms with Crippen molar-refractivity contribution in [1.29, 1.82) is 0 Å². The van der Waals surface area contributed by atoms with Crippen molar-refractivity contribution in [1.82, 2.24) is 0 Å². The van der Waals surface area contributed by atoms with Crippen molar-refractivity contribution in [2.45, 2.75) is 26.9 Å². The average molecular weight is 194 g/mol. The molecule has 1 aromatic rings. The van der Waals surface area contributed by atoms with Crippen molar-refractivity contribution in [3.63, 3.8) is 0 Å². The highest BCUT2D eigenvalue weighted by Crippen LogP contribution is 2.14. The molecular weight excluding hydrogens is 179 g/mol.